The summed E-state index contributed by atoms with van der Waals surface area (Å²) >= 11 is 0. The molecule has 0 saturated heterocycles. The summed E-state index contributed by atoms with van der Waals surface area (Å²) in [5.74, 6) is -2.80. The number of rotatable bonds is 7. The summed E-state index contributed by atoms with van der Waals surface area (Å²) < 4.78 is 36.9. The van der Waals surface area contributed by atoms with Gasteiger partial charge in [-0.2, -0.15) is 13.2 Å². The number of aliphatic carboxylic acids is 1. The zero-order valence-corrected chi connectivity index (χ0v) is 23.7. The van der Waals surface area contributed by atoms with Gasteiger partial charge in [0.15, 0.2) is 0 Å². The Balaban J connectivity index is 0.000000252. The normalized spacial score (nSPS) is 14.2. The van der Waals surface area contributed by atoms with Crippen LogP contribution < -0.4 is 21.7 Å². The standard InChI is InChI=1S/C16H22N2O3.C11H14N2O.C2HF3O2/c1-16(2,3)21-15(20)17-10-11-5-4-6-12(9-11)14(19)18-13-7-8-13;12-7-8-2-1-3-9(6-8)11(14)13-10-4-5-10;3-2(4,5)1(6)7/h4-6,9,13H,7-8,10H2,1-3H3,(H,17,20)(H,18,19);1-3,6,10H,4-5,7,12H2,(H,13,14);(H,6,7). The van der Waals surface area contributed by atoms with Gasteiger partial charge >= 0.3 is 18.2 Å². The first kappa shape index (κ1) is 34.1. The first-order valence-electron chi connectivity index (χ1n) is 13.3. The Bertz CT molecular complexity index is 1240. The Morgan fingerprint density at radius 3 is 1.67 bits per heavy atom. The predicted octanol–water partition coefficient (Wildman–Crippen LogP) is 4.27. The van der Waals surface area contributed by atoms with E-state index in [1.807, 2.05) is 57.2 Å². The number of benzene rings is 2. The minimum absolute atomic E-state index is 0.0165. The molecule has 3 amide bonds. The Morgan fingerprint density at radius 1 is 0.857 bits per heavy atom. The van der Waals surface area contributed by atoms with Crippen LogP contribution >= 0.6 is 0 Å². The summed E-state index contributed by atoms with van der Waals surface area (Å²) in [4.78, 5) is 44.0. The number of nitrogens with two attached hydrogens (primary N) is 1. The Labute approximate surface area is 242 Å². The first-order valence-corrected chi connectivity index (χ1v) is 13.3. The minimum Gasteiger partial charge on any atom is -0.475 e. The maximum absolute atomic E-state index is 11.9. The van der Waals surface area contributed by atoms with Crippen LogP contribution in [-0.2, 0) is 22.6 Å². The van der Waals surface area contributed by atoms with E-state index in [0.29, 0.717) is 36.3 Å². The number of halogens is 3. The third-order valence-electron chi connectivity index (χ3n) is 5.52. The number of hydrogen-bond acceptors (Lipinski definition) is 6. The van der Waals surface area contributed by atoms with Crippen LogP contribution in [0.1, 0.15) is 78.3 Å². The predicted molar refractivity (Wildman–Crippen MR) is 149 cm³/mol. The summed E-state index contributed by atoms with van der Waals surface area (Å²) in [6.45, 7) is 6.25. The van der Waals surface area contributed by atoms with Crippen molar-refractivity contribution in [2.75, 3.05) is 0 Å². The minimum atomic E-state index is -5.08. The van der Waals surface area contributed by atoms with E-state index in [0.717, 1.165) is 36.8 Å². The fraction of sp³-hybridized carbons (Fsp3) is 0.448. The van der Waals surface area contributed by atoms with Crippen molar-refractivity contribution in [3.8, 4) is 0 Å². The van der Waals surface area contributed by atoms with Crippen LogP contribution in [0.15, 0.2) is 48.5 Å². The average molecular weight is 595 g/mol. The molecule has 13 heteroatoms. The van der Waals surface area contributed by atoms with Crippen LogP contribution in [0.3, 0.4) is 0 Å². The van der Waals surface area contributed by atoms with Gasteiger partial charge in [-0.25, -0.2) is 9.59 Å². The van der Waals surface area contributed by atoms with Crippen molar-refractivity contribution in [3.05, 3.63) is 70.8 Å². The molecule has 10 nitrogen and oxygen atoms in total. The molecule has 0 unspecified atom stereocenters. The second kappa shape index (κ2) is 15.2. The van der Waals surface area contributed by atoms with Crippen molar-refractivity contribution in [1.29, 1.82) is 0 Å². The molecular weight excluding hydrogens is 557 g/mol. The molecule has 0 heterocycles. The Kier molecular flexibility index (Phi) is 12.3. The van der Waals surface area contributed by atoms with Gasteiger partial charge in [0.05, 0.1) is 0 Å². The van der Waals surface area contributed by atoms with Crippen molar-refractivity contribution in [3.63, 3.8) is 0 Å². The highest BCUT2D eigenvalue weighted by Gasteiger charge is 2.38. The number of alkyl halides is 3. The molecule has 0 radical (unpaired) electrons. The van der Waals surface area contributed by atoms with Crippen molar-refractivity contribution in [2.45, 2.75) is 83.4 Å². The molecule has 230 valence electrons. The van der Waals surface area contributed by atoms with Crippen LogP contribution in [0, 0.1) is 0 Å². The van der Waals surface area contributed by atoms with Gasteiger partial charge in [0.1, 0.15) is 5.60 Å². The second-order valence-electron chi connectivity index (χ2n) is 10.8. The van der Waals surface area contributed by atoms with Crippen LogP contribution in [0.5, 0.6) is 0 Å². The molecule has 0 aromatic heterocycles. The van der Waals surface area contributed by atoms with Crippen LogP contribution in [0.25, 0.3) is 0 Å². The second-order valence-corrected chi connectivity index (χ2v) is 10.8. The van der Waals surface area contributed by atoms with E-state index >= 15 is 0 Å². The number of carboxylic acid groups (broad SMARTS) is 1. The molecule has 2 aromatic carbocycles. The van der Waals surface area contributed by atoms with E-state index in [-0.39, 0.29) is 11.8 Å². The van der Waals surface area contributed by atoms with Gasteiger partial charge in [-0.15, -0.1) is 0 Å². The smallest absolute Gasteiger partial charge is 0.475 e. The monoisotopic (exact) mass is 594 g/mol. The molecule has 2 fully saturated rings. The van der Waals surface area contributed by atoms with E-state index in [1.165, 1.54) is 0 Å². The van der Waals surface area contributed by atoms with Gasteiger partial charge in [0.2, 0.25) is 0 Å². The largest absolute Gasteiger partial charge is 0.490 e. The molecule has 0 atom stereocenters. The summed E-state index contributed by atoms with van der Waals surface area (Å²) in [5, 5.41) is 15.7. The number of ether oxygens (including phenoxy) is 1. The molecule has 42 heavy (non-hydrogen) atoms. The number of carboxylic acids is 1. The van der Waals surface area contributed by atoms with Crippen LogP contribution in [0.4, 0.5) is 18.0 Å². The van der Waals surface area contributed by atoms with Crippen LogP contribution in [-0.4, -0.2) is 52.8 Å². The number of carbonyl (C=O) groups is 4. The molecule has 0 aliphatic heterocycles. The molecule has 4 rings (SSSR count). The van der Waals surface area contributed by atoms with Gasteiger partial charge in [0.25, 0.3) is 11.8 Å². The molecule has 2 saturated carbocycles. The van der Waals surface area contributed by atoms with Gasteiger partial charge in [-0.05, 0) is 81.8 Å². The van der Waals surface area contributed by atoms with Gasteiger partial charge < -0.3 is 31.5 Å². The van der Waals surface area contributed by atoms with Gasteiger partial charge in [-0.1, -0.05) is 24.3 Å². The van der Waals surface area contributed by atoms with Crippen molar-refractivity contribution >= 4 is 23.9 Å². The lowest BCUT2D eigenvalue weighted by molar-refractivity contribution is -0.192. The maximum Gasteiger partial charge on any atom is 0.490 e. The Morgan fingerprint density at radius 2 is 1.29 bits per heavy atom. The molecule has 0 bridgehead atoms. The highest BCUT2D eigenvalue weighted by atomic mass is 19.4. The Hall–Kier alpha value is -4.13. The van der Waals surface area contributed by atoms with E-state index < -0.39 is 23.8 Å². The lowest BCUT2D eigenvalue weighted by atomic mass is 10.1. The third-order valence-corrected chi connectivity index (χ3v) is 5.52. The van der Waals surface area contributed by atoms with Crippen molar-refractivity contribution in [1.82, 2.24) is 16.0 Å². The highest BCUT2D eigenvalue weighted by Crippen LogP contribution is 2.20. The number of carbonyl (C=O) groups excluding carboxylic acids is 3. The molecule has 2 aliphatic carbocycles. The topological polar surface area (TPSA) is 160 Å². The molecule has 2 aliphatic rings. The van der Waals surface area contributed by atoms with Gasteiger partial charge in [0, 0.05) is 36.3 Å². The number of amides is 3. The SMILES string of the molecule is CC(C)(C)OC(=O)NCc1cccc(C(=O)NC2CC2)c1.NCc1cccc(C(=O)NC2CC2)c1.O=C(O)C(F)(F)F. The summed E-state index contributed by atoms with van der Waals surface area (Å²) in [5.41, 5.74) is 8.17. The summed E-state index contributed by atoms with van der Waals surface area (Å²) in [7, 11) is 0. The summed E-state index contributed by atoms with van der Waals surface area (Å²) in [6.07, 6.45) is -1.20. The van der Waals surface area contributed by atoms with E-state index in [4.69, 9.17) is 20.4 Å². The molecule has 2 aromatic rings. The lowest BCUT2D eigenvalue weighted by Gasteiger charge is -2.19. The molecule has 6 N–H and O–H groups in total. The fourth-order valence-electron chi connectivity index (χ4n) is 3.14. The maximum atomic E-state index is 11.9. The first-order chi connectivity index (χ1) is 19.6. The van der Waals surface area contributed by atoms with Crippen molar-refractivity contribution in [2.24, 2.45) is 5.73 Å². The van der Waals surface area contributed by atoms with E-state index in [1.54, 1.807) is 12.1 Å². The lowest BCUT2D eigenvalue weighted by Crippen LogP contribution is -2.32. The quantitative estimate of drug-likeness (QED) is 0.320. The molecule has 0 spiro atoms. The average Bonchev–Trinajstić information content (AvgIpc) is 3.84. The number of nitrogens with one attached hydrogen (secondary N) is 3. The zero-order valence-electron chi connectivity index (χ0n) is 23.7. The highest BCUT2D eigenvalue weighted by molar-refractivity contribution is 5.95. The number of hydrogen-bond donors (Lipinski definition) is 5. The fourth-order valence-corrected chi connectivity index (χ4v) is 3.14. The van der Waals surface area contributed by atoms with Crippen LogP contribution in [0.2, 0.25) is 0 Å². The van der Waals surface area contributed by atoms with Gasteiger partial charge in [-0.3, -0.25) is 9.59 Å². The van der Waals surface area contributed by atoms with E-state index in [9.17, 15) is 27.6 Å². The van der Waals surface area contributed by atoms with E-state index in [2.05, 4.69) is 16.0 Å². The zero-order chi connectivity index (χ0) is 31.5. The molecular formula is C29H37F3N4O6. The van der Waals surface area contributed by atoms with Crippen molar-refractivity contribution < 1.29 is 42.2 Å². The summed E-state index contributed by atoms with van der Waals surface area (Å²) in [6, 6.07) is 15.4. The third kappa shape index (κ3) is 14.0. The number of alkyl carbamates (subject to hydrolysis) is 1.